The maximum Gasteiger partial charge on any atom is 0.417 e. The maximum atomic E-state index is 13.1. The van der Waals surface area contributed by atoms with Crippen LogP contribution < -0.4 is 10.2 Å². The van der Waals surface area contributed by atoms with Crippen LogP contribution in [0.2, 0.25) is 0 Å². The summed E-state index contributed by atoms with van der Waals surface area (Å²) in [6.45, 7) is 2.36. The minimum Gasteiger partial charge on any atom is -0.369 e. The quantitative estimate of drug-likeness (QED) is 0.902. The fraction of sp³-hybridized carbons (Fsp3) is 0.500. The zero-order valence-corrected chi connectivity index (χ0v) is 12.9. The number of benzene rings is 1. The van der Waals surface area contributed by atoms with E-state index in [0.29, 0.717) is 31.9 Å². The van der Waals surface area contributed by atoms with Crippen molar-refractivity contribution in [2.45, 2.75) is 25.1 Å². The van der Waals surface area contributed by atoms with E-state index in [1.807, 2.05) is 4.90 Å². The standard InChI is InChI=1S/C16H17F3N4O/c17-16(18,19)14-8-12(4-3-11(14)9-20)22-6-1-2-13(10-22)23-7-5-21-15(23)24/h3-4,8,13H,1-2,5-7,10H2,(H,21,24). The number of urea groups is 1. The Kier molecular flexibility index (Phi) is 4.26. The first-order valence-electron chi connectivity index (χ1n) is 7.81. The molecule has 1 aromatic carbocycles. The molecule has 2 fully saturated rings. The Morgan fingerprint density at radius 3 is 2.71 bits per heavy atom. The first-order valence-corrected chi connectivity index (χ1v) is 7.81. The van der Waals surface area contributed by atoms with E-state index in [1.54, 1.807) is 17.0 Å². The Morgan fingerprint density at radius 1 is 1.29 bits per heavy atom. The number of carbonyl (C=O) groups is 1. The molecule has 3 rings (SSSR count). The van der Waals surface area contributed by atoms with E-state index in [2.05, 4.69) is 5.32 Å². The van der Waals surface area contributed by atoms with Crippen LogP contribution in [0.1, 0.15) is 24.0 Å². The van der Waals surface area contributed by atoms with Crippen LogP contribution in [0.3, 0.4) is 0 Å². The van der Waals surface area contributed by atoms with Crippen molar-refractivity contribution in [2.24, 2.45) is 0 Å². The van der Waals surface area contributed by atoms with Gasteiger partial charge in [0, 0.05) is 31.9 Å². The van der Waals surface area contributed by atoms with E-state index in [0.717, 1.165) is 18.9 Å². The number of nitrogens with zero attached hydrogens (tertiary/aromatic N) is 3. The van der Waals surface area contributed by atoms with Gasteiger partial charge in [0.1, 0.15) is 0 Å². The predicted molar refractivity (Wildman–Crippen MR) is 81.5 cm³/mol. The molecule has 0 aliphatic carbocycles. The van der Waals surface area contributed by atoms with Gasteiger partial charge in [-0.2, -0.15) is 18.4 Å². The third-order valence-electron chi connectivity index (χ3n) is 4.52. The van der Waals surface area contributed by atoms with E-state index in [4.69, 9.17) is 5.26 Å². The number of nitriles is 1. The molecule has 1 N–H and O–H groups in total. The highest BCUT2D eigenvalue weighted by atomic mass is 19.4. The second kappa shape index (κ2) is 6.23. The number of alkyl halides is 3. The fourth-order valence-electron chi connectivity index (χ4n) is 3.34. The van der Waals surface area contributed by atoms with Crippen molar-refractivity contribution in [1.29, 1.82) is 5.26 Å². The molecule has 1 unspecified atom stereocenters. The summed E-state index contributed by atoms with van der Waals surface area (Å²) in [6, 6.07) is 5.26. The first-order chi connectivity index (χ1) is 11.4. The van der Waals surface area contributed by atoms with Gasteiger partial charge in [0.2, 0.25) is 0 Å². The van der Waals surface area contributed by atoms with Crippen LogP contribution in [0, 0.1) is 11.3 Å². The van der Waals surface area contributed by atoms with Crippen LogP contribution in [-0.4, -0.2) is 43.2 Å². The summed E-state index contributed by atoms with van der Waals surface area (Å²) in [5.41, 5.74) is -0.854. The summed E-state index contributed by atoms with van der Waals surface area (Å²) >= 11 is 0. The summed E-state index contributed by atoms with van der Waals surface area (Å²) in [7, 11) is 0. The molecular formula is C16H17F3N4O. The summed E-state index contributed by atoms with van der Waals surface area (Å²) in [5.74, 6) is 0. The highest BCUT2D eigenvalue weighted by molar-refractivity contribution is 5.76. The number of carbonyl (C=O) groups excluding carboxylic acids is 1. The van der Waals surface area contributed by atoms with Crippen molar-refractivity contribution < 1.29 is 18.0 Å². The van der Waals surface area contributed by atoms with E-state index in [1.165, 1.54) is 6.07 Å². The lowest BCUT2D eigenvalue weighted by atomic mass is 10.0. The second-order valence-electron chi connectivity index (χ2n) is 6.01. The minimum atomic E-state index is -4.56. The molecule has 0 radical (unpaired) electrons. The Balaban J connectivity index is 1.83. The smallest absolute Gasteiger partial charge is 0.369 e. The van der Waals surface area contributed by atoms with Gasteiger partial charge < -0.3 is 15.1 Å². The van der Waals surface area contributed by atoms with Gasteiger partial charge >= 0.3 is 12.2 Å². The zero-order valence-electron chi connectivity index (χ0n) is 12.9. The number of amides is 2. The van der Waals surface area contributed by atoms with Gasteiger partial charge in [-0.25, -0.2) is 4.79 Å². The summed E-state index contributed by atoms with van der Waals surface area (Å²) in [4.78, 5) is 15.4. The molecular weight excluding hydrogens is 321 g/mol. The molecule has 0 spiro atoms. The van der Waals surface area contributed by atoms with Crippen LogP contribution in [-0.2, 0) is 6.18 Å². The van der Waals surface area contributed by atoms with Gasteiger partial charge in [0.05, 0.1) is 23.2 Å². The molecule has 2 aliphatic heterocycles. The minimum absolute atomic E-state index is 0.00812. The lowest BCUT2D eigenvalue weighted by Crippen LogP contribution is -2.49. The lowest BCUT2D eigenvalue weighted by Gasteiger charge is -2.38. The van der Waals surface area contributed by atoms with E-state index in [-0.39, 0.29) is 17.6 Å². The number of anilines is 1. The van der Waals surface area contributed by atoms with Gasteiger partial charge in [0.15, 0.2) is 0 Å². The Bertz CT molecular complexity index is 683. The van der Waals surface area contributed by atoms with Gasteiger partial charge in [-0.1, -0.05) is 0 Å². The third-order valence-corrected chi connectivity index (χ3v) is 4.52. The average molecular weight is 338 g/mol. The van der Waals surface area contributed by atoms with Crippen molar-refractivity contribution in [2.75, 3.05) is 31.1 Å². The SMILES string of the molecule is N#Cc1ccc(N2CCCC(N3CCNC3=O)C2)cc1C(F)(F)F. The Hall–Kier alpha value is -2.43. The average Bonchev–Trinajstić information content (AvgIpc) is 2.99. The lowest BCUT2D eigenvalue weighted by molar-refractivity contribution is -0.137. The van der Waals surface area contributed by atoms with Gasteiger partial charge in [0.25, 0.3) is 0 Å². The van der Waals surface area contributed by atoms with Crippen molar-refractivity contribution >= 4 is 11.7 Å². The van der Waals surface area contributed by atoms with Crippen LogP contribution >= 0.6 is 0 Å². The van der Waals surface area contributed by atoms with Crippen LogP contribution in [0.4, 0.5) is 23.7 Å². The van der Waals surface area contributed by atoms with Crippen molar-refractivity contribution in [3.63, 3.8) is 0 Å². The van der Waals surface area contributed by atoms with E-state index < -0.39 is 11.7 Å². The fourth-order valence-corrected chi connectivity index (χ4v) is 3.34. The molecule has 5 nitrogen and oxygen atoms in total. The molecule has 128 valence electrons. The number of rotatable bonds is 2. The normalized spacial score (nSPS) is 21.6. The Labute approximate surface area is 137 Å². The number of hydrogen-bond donors (Lipinski definition) is 1. The highest BCUT2D eigenvalue weighted by Crippen LogP contribution is 2.35. The molecule has 2 amide bonds. The van der Waals surface area contributed by atoms with E-state index in [9.17, 15) is 18.0 Å². The van der Waals surface area contributed by atoms with Gasteiger partial charge in [-0.3, -0.25) is 0 Å². The molecule has 2 heterocycles. The summed E-state index contributed by atoms with van der Waals surface area (Å²) < 4.78 is 39.4. The molecule has 0 bridgehead atoms. The topological polar surface area (TPSA) is 59.4 Å². The summed E-state index contributed by atoms with van der Waals surface area (Å²) in [5, 5.41) is 11.6. The van der Waals surface area contributed by atoms with Gasteiger partial charge in [-0.05, 0) is 31.0 Å². The molecule has 0 saturated carbocycles. The largest absolute Gasteiger partial charge is 0.417 e. The molecule has 1 aromatic rings. The number of halogens is 3. The molecule has 24 heavy (non-hydrogen) atoms. The molecule has 2 aliphatic rings. The zero-order chi connectivity index (χ0) is 17.3. The van der Waals surface area contributed by atoms with Crippen molar-refractivity contribution in [3.8, 4) is 6.07 Å². The van der Waals surface area contributed by atoms with Crippen molar-refractivity contribution in [1.82, 2.24) is 10.2 Å². The molecule has 1 atom stereocenters. The van der Waals surface area contributed by atoms with Crippen LogP contribution in [0.15, 0.2) is 18.2 Å². The van der Waals surface area contributed by atoms with Gasteiger partial charge in [-0.15, -0.1) is 0 Å². The number of nitrogens with one attached hydrogen (secondary N) is 1. The second-order valence-corrected chi connectivity index (χ2v) is 6.01. The monoisotopic (exact) mass is 338 g/mol. The third kappa shape index (κ3) is 3.11. The first kappa shape index (κ1) is 16.4. The maximum absolute atomic E-state index is 13.1. The highest BCUT2D eigenvalue weighted by Gasteiger charge is 2.35. The van der Waals surface area contributed by atoms with Crippen LogP contribution in [0.25, 0.3) is 0 Å². The van der Waals surface area contributed by atoms with Crippen molar-refractivity contribution in [3.05, 3.63) is 29.3 Å². The number of hydrogen-bond acceptors (Lipinski definition) is 3. The Morgan fingerprint density at radius 2 is 2.08 bits per heavy atom. The van der Waals surface area contributed by atoms with E-state index >= 15 is 0 Å². The predicted octanol–water partition coefficient (Wildman–Crippen LogP) is 2.57. The summed E-state index contributed by atoms with van der Waals surface area (Å²) in [6.07, 6.45) is -2.92. The van der Waals surface area contributed by atoms with Crippen LogP contribution in [0.5, 0.6) is 0 Å². The molecule has 8 heteroatoms. The molecule has 0 aromatic heterocycles. The molecule has 2 saturated heterocycles. The number of piperidine rings is 1.